The Morgan fingerprint density at radius 3 is 2.47 bits per heavy atom. The van der Waals surface area contributed by atoms with E-state index in [-0.39, 0.29) is 65.9 Å². The number of hydrogen-bond acceptors (Lipinski definition) is 12. The first kappa shape index (κ1) is 55.6. The molecule has 2 aliphatic heterocycles. The van der Waals surface area contributed by atoms with Crippen LogP contribution in [0.4, 0.5) is 36.2 Å². The average molecular weight is 1050 g/mol. The lowest BCUT2D eigenvalue weighted by atomic mass is 9.62. The highest BCUT2D eigenvalue weighted by molar-refractivity contribution is 7.86. The number of likely N-dealkylation sites (tertiary alicyclic amines) is 1. The van der Waals surface area contributed by atoms with Crippen LogP contribution in [0.3, 0.4) is 0 Å². The number of hydrogen-bond donors (Lipinski definition) is 8. The predicted octanol–water partition coefficient (Wildman–Crippen LogP) is 8.84. The number of anilines is 4. The van der Waals surface area contributed by atoms with Gasteiger partial charge in [0.05, 0.1) is 54.6 Å². The largest absolute Gasteiger partial charge is 0.416 e. The Bertz CT molecular complexity index is 2850. The Kier molecular flexibility index (Phi) is 18.1. The minimum absolute atomic E-state index is 0.0384. The molecule has 1 saturated heterocycles. The van der Waals surface area contributed by atoms with Crippen molar-refractivity contribution in [1.82, 2.24) is 20.5 Å². The number of quaternary nitrogens is 1. The van der Waals surface area contributed by atoms with Crippen molar-refractivity contribution < 1.29 is 41.5 Å². The highest BCUT2D eigenvalue weighted by atomic mass is 32.2. The molecule has 17 nitrogen and oxygen atoms in total. The molecule has 7 rings (SSSR count). The number of nitrogens with zero attached hydrogens (tertiary/aromatic N) is 5. The number of rotatable bonds is 24. The molecule has 0 radical (unpaired) electrons. The summed E-state index contributed by atoms with van der Waals surface area (Å²) in [6, 6.07) is 20.7. The SMILES string of the molecule is C=C1c2cc(C[N+]3(Cc4ccc(NS(=O)c5ccc(C(=O)NCCNC(=O)CCCC=O)cc5NO)cc4)CCC[C@H](C)C3)cc(C(F)(F)F)c2CN1c1cc(C2(CC(=N)N(C)C=N)CCC2)cc(NCCC#N)n1. The van der Waals surface area contributed by atoms with Crippen molar-refractivity contribution in [2.75, 3.05) is 60.2 Å². The quantitative estimate of drug-likeness (QED) is 0.00824. The summed E-state index contributed by atoms with van der Waals surface area (Å²) in [6.45, 7) is 9.43. The number of amides is 2. The van der Waals surface area contributed by atoms with E-state index < -0.39 is 34.0 Å². The van der Waals surface area contributed by atoms with E-state index >= 15 is 13.2 Å². The summed E-state index contributed by atoms with van der Waals surface area (Å²) in [4.78, 5) is 43.4. The number of aldehydes is 1. The number of nitrogens with one attached hydrogen (secondary N) is 7. The summed E-state index contributed by atoms with van der Waals surface area (Å²) in [7, 11) is -0.229. The molecular weight excluding hydrogens is 986 g/mol. The van der Waals surface area contributed by atoms with E-state index in [0.717, 1.165) is 68.9 Å². The molecule has 2 fully saturated rings. The Morgan fingerprint density at radius 2 is 1.80 bits per heavy atom. The van der Waals surface area contributed by atoms with Gasteiger partial charge in [-0.2, -0.15) is 18.4 Å². The number of aromatic nitrogens is 1. The first-order valence-corrected chi connectivity index (χ1v) is 26.3. The van der Waals surface area contributed by atoms with Crippen molar-refractivity contribution in [3.8, 4) is 6.07 Å². The highest BCUT2D eigenvalue weighted by Gasteiger charge is 2.43. The minimum Gasteiger partial charge on any atom is -0.369 e. The zero-order chi connectivity index (χ0) is 53.9. The number of carbonyl (C=O) groups excluding carboxylic acids is 3. The van der Waals surface area contributed by atoms with E-state index in [1.165, 1.54) is 29.2 Å². The Hall–Kier alpha value is -7.15. The lowest BCUT2D eigenvalue weighted by Gasteiger charge is -2.44. The monoisotopic (exact) mass is 1050 g/mol. The van der Waals surface area contributed by atoms with Gasteiger partial charge < -0.3 is 39.7 Å². The smallest absolute Gasteiger partial charge is 0.369 e. The topological polar surface area (TPSA) is 240 Å². The molecule has 1 aromatic heterocycles. The number of halogens is 3. The van der Waals surface area contributed by atoms with Gasteiger partial charge in [-0.1, -0.05) is 32.1 Å². The van der Waals surface area contributed by atoms with Gasteiger partial charge in [-0.15, -0.1) is 0 Å². The number of pyridine rings is 1. The van der Waals surface area contributed by atoms with Crippen LogP contribution in [-0.2, 0) is 51.8 Å². The van der Waals surface area contributed by atoms with Crippen molar-refractivity contribution in [1.29, 1.82) is 16.1 Å². The molecular formula is C54H66F3N12O5S+. The van der Waals surface area contributed by atoms with Crippen LogP contribution in [0.25, 0.3) is 5.70 Å². The molecule has 1 saturated carbocycles. The van der Waals surface area contributed by atoms with E-state index in [1.807, 2.05) is 35.8 Å². The van der Waals surface area contributed by atoms with Crippen molar-refractivity contribution in [3.05, 3.63) is 112 Å². The number of amidine groups is 1. The summed E-state index contributed by atoms with van der Waals surface area (Å²) in [5.74, 6) is 0.775. The van der Waals surface area contributed by atoms with E-state index in [4.69, 9.17) is 15.8 Å². The fourth-order valence-electron chi connectivity index (χ4n) is 10.5. The molecule has 3 aliphatic rings. The van der Waals surface area contributed by atoms with Gasteiger partial charge >= 0.3 is 6.18 Å². The third-order valence-corrected chi connectivity index (χ3v) is 15.7. The summed E-state index contributed by atoms with van der Waals surface area (Å²) in [5, 5.41) is 44.2. The summed E-state index contributed by atoms with van der Waals surface area (Å²) in [5.41, 5.74) is 4.88. The maximum Gasteiger partial charge on any atom is 0.416 e. The van der Waals surface area contributed by atoms with Crippen molar-refractivity contribution in [3.63, 3.8) is 0 Å². The first-order valence-electron chi connectivity index (χ1n) is 25.2. The van der Waals surface area contributed by atoms with Gasteiger partial charge in [0.2, 0.25) is 5.91 Å². The zero-order valence-corrected chi connectivity index (χ0v) is 43.2. The molecule has 21 heteroatoms. The van der Waals surface area contributed by atoms with Gasteiger partial charge in [0.25, 0.3) is 5.91 Å². The van der Waals surface area contributed by atoms with Crippen LogP contribution in [0.5, 0.6) is 0 Å². The van der Waals surface area contributed by atoms with Crippen molar-refractivity contribution >= 4 is 70.0 Å². The normalized spacial score (nSPS) is 18.1. The summed E-state index contributed by atoms with van der Waals surface area (Å²) in [6.07, 6.45) is 3.11. The third kappa shape index (κ3) is 13.6. The zero-order valence-electron chi connectivity index (χ0n) is 42.4. The van der Waals surface area contributed by atoms with Crippen LogP contribution in [0, 0.1) is 28.1 Å². The molecule has 3 atom stereocenters. The first-order chi connectivity index (χ1) is 35.9. The number of nitriles is 1. The summed E-state index contributed by atoms with van der Waals surface area (Å²) >= 11 is 0. The Balaban J connectivity index is 1.08. The van der Waals surface area contributed by atoms with E-state index in [0.29, 0.717) is 83.4 Å². The average Bonchev–Trinajstić information content (AvgIpc) is 3.71. The maximum atomic E-state index is 15.3. The molecule has 2 unspecified atom stereocenters. The van der Waals surface area contributed by atoms with Gasteiger partial charge in [-0.3, -0.25) is 31.1 Å². The molecule has 0 spiro atoms. The number of alkyl halides is 3. The van der Waals surface area contributed by atoms with Crippen LogP contribution < -0.4 is 31.1 Å². The lowest BCUT2D eigenvalue weighted by molar-refractivity contribution is -0.960. The fraction of sp³-hybridized carbons (Fsp3) is 0.426. The van der Waals surface area contributed by atoms with E-state index in [2.05, 4.69) is 40.2 Å². The number of piperidine rings is 1. The molecule has 8 N–H and O–H groups in total. The number of benzene rings is 3. The van der Waals surface area contributed by atoms with Crippen LogP contribution >= 0.6 is 0 Å². The second kappa shape index (κ2) is 24.5. The summed E-state index contributed by atoms with van der Waals surface area (Å²) < 4.78 is 63.0. The van der Waals surface area contributed by atoms with Crippen LogP contribution in [-0.4, -0.2) is 93.8 Å². The molecule has 1 aliphatic carbocycles. The van der Waals surface area contributed by atoms with Crippen molar-refractivity contribution in [2.24, 2.45) is 5.92 Å². The second-order valence-corrected chi connectivity index (χ2v) is 21.2. The lowest BCUT2D eigenvalue weighted by Crippen LogP contribution is -2.52. The van der Waals surface area contributed by atoms with Gasteiger partial charge in [0.1, 0.15) is 36.8 Å². The Morgan fingerprint density at radius 1 is 1.05 bits per heavy atom. The molecule has 398 valence electrons. The highest BCUT2D eigenvalue weighted by Crippen LogP contribution is 2.50. The van der Waals surface area contributed by atoms with Crippen LogP contribution in [0.1, 0.15) is 115 Å². The molecule has 4 aromatic rings. The molecule has 2 amide bonds. The standard InChI is InChI=1S/C54H65F3N12O5S/c1-36-9-6-23-69(32-36,33-38-11-14-42(15-12-38)66-75(74)47-16-13-40(27-46(47)65-73)52(72)63-22-21-62-51(71)10-4-5-24-70)34-39-25-43-37(2)68(31-44(43)45(26-39)54(55,56)57)50-29-41(28-49(64-50)61-20-8-19-58)53(17-7-18-53)30-48(60)67(3)35-59/h11-16,24-29,35-36,59-60,65-66,73H,2,4-10,17-18,20-23,30-34H2,1,3H3,(H2-,61,62,63,64,71,72)/p+1/t36-,69?,75?/m0/s1. The molecule has 75 heavy (non-hydrogen) atoms. The van der Waals surface area contributed by atoms with E-state index in [9.17, 15) is 29.1 Å². The second-order valence-electron chi connectivity index (χ2n) is 20.0. The maximum absolute atomic E-state index is 15.3. The number of unbranched alkanes of at least 4 members (excludes halogenated alkanes) is 1. The van der Waals surface area contributed by atoms with Crippen LogP contribution in [0.15, 0.2) is 78.2 Å². The number of fused-ring (bicyclic) bond motifs is 1. The minimum atomic E-state index is -4.67. The van der Waals surface area contributed by atoms with E-state index in [1.54, 1.807) is 24.1 Å². The van der Waals surface area contributed by atoms with Gasteiger partial charge in [-0.25, -0.2) is 9.19 Å². The molecule has 3 heterocycles. The van der Waals surface area contributed by atoms with Gasteiger partial charge in [-0.05, 0) is 97.8 Å². The fourth-order valence-corrected chi connectivity index (χ4v) is 11.5. The molecule has 3 aromatic carbocycles. The van der Waals surface area contributed by atoms with Crippen LogP contribution in [0.2, 0.25) is 0 Å². The predicted molar refractivity (Wildman–Crippen MR) is 283 cm³/mol. The Labute approximate surface area is 438 Å². The third-order valence-electron chi connectivity index (χ3n) is 14.5. The number of carbonyl (C=O) groups is 3. The van der Waals surface area contributed by atoms with Gasteiger partial charge in [0.15, 0.2) is 11.0 Å². The van der Waals surface area contributed by atoms with Crippen molar-refractivity contribution in [2.45, 2.75) is 107 Å². The van der Waals surface area contributed by atoms with Gasteiger partial charge in [0, 0.05) is 90.9 Å². The molecule has 0 bridgehead atoms.